The smallest absolute Gasteiger partial charge is 0.203 e. The van der Waals surface area contributed by atoms with Gasteiger partial charge in [-0.3, -0.25) is 0 Å². The number of hydrogen-bond donors (Lipinski definition) is 2. The van der Waals surface area contributed by atoms with Crippen molar-refractivity contribution >= 4 is 0 Å². The van der Waals surface area contributed by atoms with Gasteiger partial charge in [0.25, 0.3) is 0 Å². The molecule has 0 aromatic heterocycles. The van der Waals surface area contributed by atoms with Gasteiger partial charge >= 0.3 is 0 Å². The van der Waals surface area contributed by atoms with Crippen molar-refractivity contribution < 1.29 is 23.4 Å². The molecule has 0 heterocycles. The maximum Gasteiger partial charge on any atom is 0.203 e. The van der Waals surface area contributed by atoms with Gasteiger partial charge in [-0.15, -0.1) is 0 Å². The Bertz CT molecular complexity index is 272. The van der Waals surface area contributed by atoms with Crippen LogP contribution in [0.25, 0.3) is 0 Å². The maximum absolute atomic E-state index is 12.2. The predicted molar refractivity (Wildman–Crippen MR) is 29.6 cm³/mol. The van der Waals surface area contributed by atoms with Crippen molar-refractivity contribution in [1.29, 1.82) is 0 Å². The van der Waals surface area contributed by atoms with Crippen LogP contribution in [0.5, 0.6) is 11.5 Å². The third-order valence-corrected chi connectivity index (χ3v) is 1.11. The highest BCUT2D eigenvalue weighted by atomic mass is 19.2. The lowest BCUT2D eigenvalue weighted by Crippen LogP contribution is -1.90. The summed E-state index contributed by atoms with van der Waals surface area (Å²) in [5.74, 6) is -7.55. The zero-order valence-corrected chi connectivity index (χ0v) is 5.11. The molecule has 0 aliphatic carbocycles. The molecule has 0 fully saturated rings. The zero-order chi connectivity index (χ0) is 8.59. The zero-order valence-electron chi connectivity index (χ0n) is 5.11. The summed E-state index contributed by atoms with van der Waals surface area (Å²) in [6, 6.07) is 0.383. The Morgan fingerprint density at radius 3 is 1.55 bits per heavy atom. The molecule has 2 N–H and O–H groups in total. The lowest BCUT2D eigenvalue weighted by molar-refractivity contribution is 0.356. The summed E-state index contributed by atoms with van der Waals surface area (Å²) < 4.78 is 36.6. The summed E-state index contributed by atoms with van der Waals surface area (Å²) in [5, 5.41) is 16.9. The Morgan fingerprint density at radius 1 is 0.818 bits per heavy atom. The van der Waals surface area contributed by atoms with Crippen molar-refractivity contribution in [3.05, 3.63) is 23.5 Å². The van der Waals surface area contributed by atoms with Crippen LogP contribution in [0.3, 0.4) is 0 Å². The molecule has 1 aromatic rings. The number of aromatic hydroxyl groups is 2. The van der Waals surface area contributed by atoms with E-state index in [1.807, 2.05) is 0 Å². The molecule has 0 spiro atoms. The van der Waals surface area contributed by atoms with Gasteiger partial charge < -0.3 is 10.2 Å². The highest BCUT2D eigenvalue weighted by molar-refractivity contribution is 5.34. The summed E-state index contributed by atoms with van der Waals surface area (Å²) >= 11 is 0. The average Bonchev–Trinajstić information content (AvgIpc) is 1.97. The lowest BCUT2D eigenvalue weighted by atomic mass is 10.3. The van der Waals surface area contributed by atoms with Crippen molar-refractivity contribution in [3.8, 4) is 11.5 Å². The van der Waals surface area contributed by atoms with Gasteiger partial charge in [0.2, 0.25) is 17.5 Å². The van der Waals surface area contributed by atoms with Gasteiger partial charge in [-0.2, -0.15) is 8.78 Å². The molecule has 0 atom stereocenters. The minimum absolute atomic E-state index is 0.383. The molecule has 0 aliphatic heterocycles. The number of phenols is 2. The maximum atomic E-state index is 12.2. The molecule has 0 bridgehead atoms. The van der Waals surface area contributed by atoms with E-state index in [1.54, 1.807) is 0 Å². The van der Waals surface area contributed by atoms with Gasteiger partial charge in [0.15, 0.2) is 11.5 Å². The van der Waals surface area contributed by atoms with Crippen LogP contribution < -0.4 is 0 Å². The Balaban J connectivity index is 3.46. The van der Waals surface area contributed by atoms with Crippen LogP contribution in [0.4, 0.5) is 13.2 Å². The Kier molecular flexibility index (Phi) is 1.64. The van der Waals surface area contributed by atoms with E-state index in [-0.39, 0.29) is 0 Å². The Hall–Kier alpha value is -1.39. The Morgan fingerprint density at radius 2 is 1.18 bits per heavy atom. The van der Waals surface area contributed by atoms with E-state index < -0.39 is 29.0 Å². The average molecular weight is 164 g/mol. The van der Waals surface area contributed by atoms with Crippen molar-refractivity contribution in [1.82, 2.24) is 0 Å². The minimum Gasteiger partial charge on any atom is -0.505 e. The first-order chi connectivity index (χ1) is 5.04. The van der Waals surface area contributed by atoms with Gasteiger partial charge in [-0.05, 0) is 0 Å². The van der Waals surface area contributed by atoms with E-state index in [9.17, 15) is 13.2 Å². The lowest BCUT2D eigenvalue weighted by Gasteiger charge is -1.99. The van der Waals surface area contributed by atoms with Gasteiger partial charge in [0.1, 0.15) is 0 Å². The first kappa shape index (κ1) is 7.71. The predicted octanol–water partition coefficient (Wildman–Crippen LogP) is 1.52. The fourth-order valence-corrected chi connectivity index (χ4v) is 0.577. The van der Waals surface area contributed by atoms with E-state index in [0.29, 0.717) is 6.07 Å². The molecule has 5 heteroatoms. The van der Waals surface area contributed by atoms with Gasteiger partial charge in [-0.25, -0.2) is 4.39 Å². The second-order valence-corrected chi connectivity index (χ2v) is 1.86. The first-order valence-corrected chi connectivity index (χ1v) is 2.59. The summed E-state index contributed by atoms with van der Waals surface area (Å²) in [7, 11) is 0. The SMILES string of the molecule is Oc1cc(O)c(F)c(F)c1F. The third-order valence-electron chi connectivity index (χ3n) is 1.11. The van der Waals surface area contributed by atoms with Crippen LogP contribution in [-0.2, 0) is 0 Å². The molecule has 60 valence electrons. The van der Waals surface area contributed by atoms with Crippen molar-refractivity contribution in [2.75, 3.05) is 0 Å². The molecule has 0 amide bonds. The molecule has 0 radical (unpaired) electrons. The fraction of sp³-hybridized carbons (Fsp3) is 0. The van der Waals surface area contributed by atoms with Gasteiger partial charge in [0.05, 0.1) is 0 Å². The second kappa shape index (κ2) is 2.34. The number of benzene rings is 1. The molecular formula is C6H3F3O2. The minimum atomic E-state index is -1.89. The number of halogens is 3. The molecule has 0 saturated carbocycles. The quantitative estimate of drug-likeness (QED) is 0.570. The van der Waals surface area contributed by atoms with Gasteiger partial charge in [0, 0.05) is 6.07 Å². The van der Waals surface area contributed by atoms with E-state index in [2.05, 4.69) is 0 Å². The normalized spacial score (nSPS) is 10.1. The van der Waals surface area contributed by atoms with E-state index in [4.69, 9.17) is 10.2 Å². The summed E-state index contributed by atoms with van der Waals surface area (Å²) in [6.07, 6.45) is 0. The topological polar surface area (TPSA) is 40.5 Å². The van der Waals surface area contributed by atoms with Crippen molar-refractivity contribution in [3.63, 3.8) is 0 Å². The summed E-state index contributed by atoms with van der Waals surface area (Å²) in [4.78, 5) is 0. The summed E-state index contributed by atoms with van der Waals surface area (Å²) in [5.41, 5.74) is 0. The van der Waals surface area contributed by atoms with E-state index in [1.165, 1.54) is 0 Å². The van der Waals surface area contributed by atoms with Crippen LogP contribution in [0.1, 0.15) is 0 Å². The second-order valence-electron chi connectivity index (χ2n) is 1.86. The number of rotatable bonds is 0. The van der Waals surface area contributed by atoms with Crippen LogP contribution >= 0.6 is 0 Å². The number of phenolic OH excluding ortho intramolecular Hbond substituents is 2. The standard InChI is InChI=1S/C6H3F3O2/c7-4-2(10)1-3(11)5(8)6(4)9/h1,10-11H. The van der Waals surface area contributed by atoms with Crippen LogP contribution in [0.15, 0.2) is 6.07 Å². The number of hydrogen-bond acceptors (Lipinski definition) is 2. The molecule has 0 saturated heterocycles. The molecule has 2 nitrogen and oxygen atoms in total. The fourth-order valence-electron chi connectivity index (χ4n) is 0.577. The molecule has 0 aliphatic rings. The van der Waals surface area contributed by atoms with Crippen molar-refractivity contribution in [2.24, 2.45) is 0 Å². The third kappa shape index (κ3) is 1.09. The van der Waals surface area contributed by atoms with Crippen LogP contribution in [0.2, 0.25) is 0 Å². The van der Waals surface area contributed by atoms with Crippen LogP contribution in [-0.4, -0.2) is 10.2 Å². The van der Waals surface area contributed by atoms with E-state index in [0.717, 1.165) is 0 Å². The highest BCUT2D eigenvalue weighted by Crippen LogP contribution is 2.27. The largest absolute Gasteiger partial charge is 0.505 e. The molecule has 1 rings (SSSR count). The highest BCUT2D eigenvalue weighted by Gasteiger charge is 2.17. The molecule has 0 unspecified atom stereocenters. The van der Waals surface area contributed by atoms with E-state index >= 15 is 0 Å². The van der Waals surface area contributed by atoms with Crippen molar-refractivity contribution in [2.45, 2.75) is 0 Å². The van der Waals surface area contributed by atoms with Gasteiger partial charge in [-0.1, -0.05) is 0 Å². The summed E-state index contributed by atoms with van der Waals surface area (Å²) in [6.45, 7) is 0. The molecule has 1 aromatic carbocycles. The molecular weight excluding hydrogens is 161 g/mol. The Labute approximate surface area is 59.5 Å². The van der Waals surface area contributed by atoms with Crippen LogP contribution in [0, 0.1) is 17.5 Å². The monoisotopic (exact) mass is 164 g/mol. The molecule has 11 heavy (non-hydrogen) atoms. The first-order valence-electron chi connectivity index (χ1n) is 2.59.